The van der Waals surface area contributed by atoms with Gasteiger partial charge in [-0.05, 0) is 25.1 Å². The fourth-order valence-electron chi connectivity index (χ4n) is 2.07. The molecule has 0 aromatic carbocycles. The smallest absolute Gasteiger partial charge is 0.194 e. The Balaban J connectivity index is 2.00. The van der Waals surface area contributed by atoms with Crippen LogP contribution < -0.4 is 0 Å². The van der Waals surface area contributed by atoms with Gasteiger partial charge in [0.25, 0.3) is 0 Å². The molecule has 0 aliphatic carbocycles. The normalized spacial score (nSPS) is 21.4. The van der Waals surface area contributed by atoms with Gasteiger partial charge in [0, 0.05) is 31.0 Å². The summed E-state index contributed by atoms with van der Waals surface area (Å²) in [5.74, 6) is 0.0407. The monoisotopic (exact) mass is 234 g/mol. The summed E-state index contributed by atoms with van der Waals surface area (Å²) < 4.78 is 5.55. The van der Waals surface area contributed by atoms with Gasteiger partial charge in [0.2, 0.25) is 0 Å². The second kappa shape index (κ2) is 5.89. The molecule has 0 saturated carbocycles. The Labute approximate surface area is 102 Å². The summed E-state index contributed by atoms with van der Waals surface area (Å²) in [5.41, 5.74) is 0.635. The maximum atomic E-state index is 12.2. The zero-order valence-electron chi connectivity index (χ0n) is 10.1. The van der Waals surface area contributed by atoms with E-state index >= 15 is 0 Å². The highest BCUT2D eigenvalue weighted by Gasteiger charge is 2.26. The largest absolute Gasteiger partial charge is 0.367 e. The van der Waals surface area contributed by atoms with Crippen LogP contribution >= 0.6 is 0 Å². The highest BCUT2D eigenvalue weighted by Crippen LogP contribution is 2.11. The van der Waals surface area contributed by atoms with Crippen LogP contribution in [0.5, 0.6) is 0 Å². The number of pyridine rings is 1. The van der Waals surface area contributed by atoms with Crippen molar-refractivity contribution in [2.24, 2.45) is 0 Å². The molecule has 0 N–H and O–H groups in total. The van der Waals surface area contributed by atoms with Gasteiger partial charge in [0.15, 0.2) is 5.78 Å². The molecule has 1 aromatic rings. The number of hydrogen-bond donors (Lipinski definition) is 0. The van der Waals surface area contributed by atoms with Crippen molar-refractivity contribution < 1.29 is 9.53 Å². The van der Waals surface area contributed by atoms with Crippen molar-refractivity contribution in [3.63, 3.8) is 0 Å². The molecule has 17 heavy (non-hydrogen) atoms. The summed E-state index contributed by atoms with van der Waals surface area (Å²) >= 11 is 0. The molecule has 1 aliphatic heterocycles. The lowest BCUT2D eigenvalue weighted by atomic mass is 10.1. The lowest BCUT2D eigenvalue weighted by molar-refractivity contribution is -0.0163. The molecular weight excluding hydrogens is 216 g/mol. The van der Waals surface area contributed by atoms with Crippen LogP contribution in [0, 0.1) is 0 Å². The number of ether oxygens (including phenoxy) is 1. The molecular formula is C13H18N2O2. The Morgan fingerprint density at radius 2 is 2.53 bits per heavy atom. The fraction of sp³-hybridized carbons (Fsp3) is 0.538. The highest BCUT2D eigenvalue weighted by molar-refractivity contribution is 5.99. The molecule has 0 bridgehead atoms. The van der Waals surface area contributed by atoms with Crippen molar-refractivity contribution >= 4 is 5.78 Å². The Kier molecular flexibility index (Phi) is 4.23. The number of nitrogens with zero attached hydrogens (tertiary/aromatic N) is 2. The molecule has 1 aliphatic rings. The van der Waals surface area contributed by atoms with Gasteiger partial charge in [-0.2, -0.15) is 0 Å². The van der Waals surface area contributed by atoms with E-state index in [-0.39, 0.29) is 11.9 Å². The molecule has 4 heteroatoms. The third-order valence-electron chi connectivity index (χ3n) is 2.93. The summed E-state index contributed by atoms with van der Waals surface area (Å²) in [6.07, 6.45) is 4.04. The van der Waals surface area contributed by atoms with Crippen LogP contribution in [0.3, 0.4) is 0 Å². The lowest BCUT2D eigenvalue weighted by Crippen LogP contribution is -2.46. The maximum absolute atomic E-state index is 12.2. The fourth-order valence-corrected chi connectivity index (χ4v) is 2.07. The van der Waals surface area contributed by atoms with E-state index in [0.717, 1.165) is 19.5 Å². The summed E-state index contributed by atoms with van der Waals surface area (Å²) in [6.45, 7) is 5.43. The van der Waals surface area contributed by atoms with Crippen molar-refractivity contribution in [2.45, 2.75) is 19.4 Å². The van der Waals surface area contributed by atoms with E-state index in [9.17, 15) is 4.79 Å². The van der Waals surface area contributed by atoms with Crippen LogP contribution in [0.25, 0.3) is 0 Å². The third-order valence-corrected chi connectivity index (χ3v) is 2.93. The van der Waals surface area contributed by atoms with Gasteiger partial charge in [-0.25, -0.2) is 0 Å². The minimum atomic E-state index is -0.334. The van der Waals surface area contributed by atoms with E-state index in [1.807, 2.05) is 0 Å². The predicted octanol–water partition coefficient (Wildman–Crippen LogP) is 1.38. The topological polar surface area (TPSA) is 42.4 Å². The van der Waals surface area contributed by atoms with Crippen LogP contribution in [-0.4, -0.2) is 48.0 Å². The zero-order chi connectivity index (χ0) is 12.1. The van der Waals surface area contributed by atoms with Gasteiger partial charge in [-0.15, -0.1) is 0 Å². The van der Waals surface area contributed by atoms with Crippen molar-refractivity contribution in [3.05, 3.63) is 30.1 Å². The summed E-state index contributed by atoms with van der Waals surface area (Å²) in [4.78, 5) is 18.4. The number of ketones is 1. The highest BCUT2D eigenvalue weighted by atomic mass is 16.5. The van der Waals surface area contributed by atoms with Crippen LogP contribution in [0.2, 0.25) is 0 Å². The molecule has 92 valence electrons. The second-order valence-electron chi connectivity index (χ2n) is 4.27. The first kappa shape index (κ1) is 12.2. The van der Waals surface area contributed by atoms with Crippen molar-refractivity contribution in [3.8, 4) is 0 Å². The molecule has 1 aromatic heterocycles. The number of rotatable bonds is 4. The third kappa shape index (κ3) is 3.11. The first-order valence-corrected chi connectivity index (χ1v) is 6.09. The molecule has 1 unspecified atom stereocenters. The molecule has 1 fully saturated rings. The van der Waals surface area contributed by atoms with E-state index < -0.39 is 0 Å². The SMILES string of the molecule is CCCN1CCOC(C(=O)c2cccnc2)C1. The minimum Gasteiger partial charge on any atom is -0.367 e. The van der Waals surface area contributed by atoms with Crippen molar-refractivity contribution in [1.29, 1.82) is 0 Å². The van der Waals surface area contributed by atoms with Gasteiger partial charge in [0.05, 0.1) is 6.61 Å². The molecule has 1 saturated heterocycles. The van der Waals surface area contributed by atoms with Crippen LogP contribution in [0.1, 0.15) is 23.7 Å². The summed E-state index contributed by atoms with van der Waals surface area (Å²) in [7, 11) is 0. The molecule has 2 heterocycles. The Hall–Kier alpha value is -1.26. The van der Waals surface area contributed by atoms with Gasteiger partial charge in [-0.3, -0.25) is 14.7 Å². The minimum absolute atomic E-state index is 0.0407. The van der Waals surface area contributed by atoms with E-state index in [1.54, 1.807) is 24.5 Å². The van der Waals surface area contributed by atoms with Gasteiger partial charge < -0.3 is 4.74 Å². The first-order valence-electron chi connectivity index (χ1n) is 6.09. The van der Waals surface area contributed by atoms with Gasteiger partial charge in [-0.1, -0.05) is 6.92 Å². The van der Waals surface area contributed by atoms with Gasteiger partial charge >= 0.3 is 0 Å². The summed E-state index contributed by atoms with van der Waals surface area (Å²) in [5, 5.41) is 0. The van der Waals surface area contributed by atoms with E-state index in [1.165, 1.54) is 0 Å². The first-order chi connectivity index (χ1) is 8.31. The molecule has 0 radical (unpaired) electrons. The van der Waals surface area contributed by atoms with Crippen molar-refractivity contribution in [2.75, 3.05) is 26.2 Å². The number of Topliss-reactive ketones (excluding diaryl/α,β-unsaturated/α-hetero) is 1. The van der Waals surface area contributed by atoms with Crippen LogP contribution in [-0.2, 0) is 4.74 Å². The van der Waals surface area contributed by atoms with Gasteiger partial charge in [0.1, 0.15) is 6.10 Å². The molecule has 0 spiro atoms. The van der Waals surface area contributed by atoms with E-state index in [2.05, 4.69) is 16.8 Å². The second-order valence-corrected chi connectivity index (χ2v) is 4.27. The number of morpholine rings is 1. The number of carbonyl (C=O) groups is 1. The standard InChI is InChI=1S/C13H18N2O2/c1-2-6-15-7-8-17-12(10-15)13(16)11-4-3-5-14-9-11/h3-5,9,12H,2,6-8,10H2,1H3. The Bertz CT molecular complexity index is 365. The lowest BCUT2D eigenvalue weighted by Gasteiger charge is -2.31. The number of hydrogen-bond acceptors (Lipinski definition) is 4. The number of carbonyl (C=O) groups excluding carboxylic acids is 1. The Morgan fingerprint density at radius 1 is 1.65 bits per heavy atom. The quantitative estimate of drug-likeness (QED) is 0.738. The average Bonchev–Trinajstić information content (AvgIpc) is 2.40. The van der Waals surface area contributed by atoms with E-state index in [0.29, 0.717) is 18.7 Å². The van der Waals surface area contributed by atoms with E-state index in [4.69, 9.17) is 4.74 Å². The average molecular weight is 234 g/mol. The van der Waals surface area contributed by atoms with Crippen molar-refractivity contribution in [1.82, 2.24) is 9.88 Å². The number of aromatic nitrogens is 1. The van der Waals surface area contributed by atoms with Crippen LogP contribution in [0.4, 0.5) is 0 Å². The maximum Gasteiger partial charge on any atom is 0.194 e. The molecule has 4 nitrogen and oxygen atoms in total. The molecule has 1 atom stereocenters. The van der Waals surface area contributed by atoms with Crippen LogP contribution in [0.15, 0.2) is 24.5 Å². The zero-order valence-corrected chi connectivity index (χ0v) is 10.1. The molecule has 0 amide bonds. The predicted molar refractivity (Wildman–Crippen MR) is 65.0 cm³/mol. The summed E-state index contributed by atoms with van der Waals surface area (Å²) in [6, 6.07) is 3.57. The molecule has 2 rings (SSSR count). The Morgan fingerprint density at radius 3 is 3.24 bits per heavy atom.